The van der Waals surface area contributed by atoms with Gasteiger partial charge in [0.15, 0.2) is 0 Å². The number of hydrogen-bond donors (Lipinski definition) is 2. The van der Waals surface area contributed by atoms with Gasteiger partial charge in [-0.25, -0.2) is 0 Å². The lowest BCUT2D eigenvalue weighted by molar-refractivity contribution is 0.616. The van der Waals surface area contributed by atoms with Crippen molar-refractivity contribution < 1.29 is 0 Å². The SMILES string of the molecule is NCCCNCC(c1ccccc1)c1ccccc1. The van der Waals surface area contributed by atoms with E-state index in [1.165, 1.54) is 11.1 Å². The summed E-state index contributed by atoms with van der Waals surface area (Å²) in [7, 11) is 0. The molecule has 0 atom stereocenters. The molecule has 0 aliphatic heterocycles. The molecule has 0 aliphatic rings. The third-order valence-corrected chi connectivity index (χ3v) is 3.31. The molecule has 19 heavy (non-hydrogen) atoms. The standard InChI is InChI=1S/C17H22N2/c18-12-7-13-19-14-17(15-8-3-1-4-9-15)16-10-5-2-6-11-16/h1-6,8-11,17,19H,7,12-14,18H2. The maximum atomic E-state index is 5.53. The molecule has 2 aromatic carbocycles. The van der Waals surface area contributed by atoms with E-state index in [9.17, 15) is 0 Å². The second kappa shape index (κ2) is 7.72. The van der Waals surface area contributed by atoms with Crippen LogP contribution >= 0.6 is 0 Å². The fourth-order valence-electron chi connectivity index (χ4n) is 2.27. The molecule has 0 radical (unpaired) electrons. The predicted molar refractivity (Wildman–Crippen MR) is 81.3 cm³/mol. The maximum Gasteiger partial charge on any atom is 0.0214 e. The van der Waals surface area contributed by atoms with Crippen LogP contribution in [0.4, 0.5) is 0 Å². The van der Waals surface area contributed by atoms with E-state index in [4.69, 9.17) is 5.73 Å². The van der Waals surface area contributed by atoms with Crippen molar-refractivity contribution in [1.29, 1.82) is 0 Å². The molecule has 2 heteroatoms. The lowest BCUT2D eigenvalue weighted by Gasteiger charge is -2.18. The minimum Gasteiger partial charge on any atom is -0.330 e. The van der Waals surface area contributed by atoms with Crippen molar-refractivity contribution in [3.63, 3.8) is 0 Å². The molecule has 2 rings (SSSR count). The fraction of sp³-hybridized carbons (Fsp3) is 0.294. The van der Waals surface area contributed by atoms with Gasteiger partial charge in [0.1, 0.15) is 0 Å². The van der Waals surface area contributed by atoms with Crippen molar-refractivity contribution in [1.82, 2.24) is 5.32 Å². The smallest absolute Gasteiger partial charge is 0.0214 e. The summed E-state index contributed by atoms with van der Waals surface area (Å²) in [5.41, 5.74) is 8.24. The highest BCUT2D eigenvalue weighted by Crippen LogP contribution is 2.23. The Morgan fingerprint density at radius 3 is 1.84 bits per heavy atom. The lowest BCUT2D eigenvalue weighted by atomic mass is 9.91. The van der Waals surface area contributed by atoms with Crippen LogP contribution in [0.15, 0.2) is 60.7 Å². The zero-order valence-corrected chi connectivity index (χ0v) is 11.3. The fourth-order valence-corrected chi connectivity index (χ4v) is 2.27. The average molecular weight is 254 g/mol. The van der Waals surface area contributed by atoms with Crippen LogP contribution in [0.25, 0.3) is 0 Å². The highest BCUT2D eigenvalue weighted by Gasteiger charge is 2.12. The quantitative estimate of drug-likeness (QED) is 0.746. The summed E-state index contributed by atoms with van der Waals surface area (Å²) in [6.07, 6.45) is 1.02. The first-order chi connectivity index (χ1) is 9.42. The van der Waals surface area contributed by atoms with Gasteiger partial charge in [-0.3, -0.25) is 0 Å². The number of benzene rings is 2. The molecule has 0 unspecified atom stereocenters. The van der Waals surface area contributed by atoms with E-state index in [-0.39, 0.29) is 0 Å². The van der Waals surface area contributed by atoms with Gasteiger partial charge in [0.2, 0.25) is 0 Å². The van der Waals surface area contributed by atoms with Gasteiger partial charge in [-0.05, 0) is 30.6 Å². The molecule has 0 spiro atoms. The minimum absolute atomic E-state index is 0.403. The molecule has 0 bridgehead atoms. The summed E-state index contributed by atoms with van der Waals surface area (Å²) in [6.45, 7) is 2.68. The second-order valence-corrected chi connectivity index (χ2v) is 4.72. The molecule has 2 nitrogen and oxygen atoms in total. The van der Waals surface area contributed by atoms with Crippen LogP contribution < -0.4 is 11.1 Å². The van der Waals surface area contributed by atoms with Crippen LogP contribution in [-0.2, 0) is 0 Å². The zero-order chi connectivity index (χ0) is 13.3. The van der Waals surface area contributed by atoms with E-state index in [0.29, 0.717) is 5.92 Å². The van der Waals surface area contributed by atoms with Crippen LogP contribution in [0.1, 0.15) is 23.5 Å². The summed E-state index contributed by atoms with van der Waals surface area (Å²) >= 11 is 0. The Morgan fingerprint density at radius 1 is 0.842 bits per heavy atom. The first-order valence-electron chi connectivity index (χ1n) is 6.92. The van der Waals surface area contributed by atoms with Crippen LogP contribution in [0.3, 0.4) is 0 Å². The summed E-state index contributed by atoms with van der Waals surface area (Å²) in [4.78, 5) is 0. The van der Waals surface area contributed by atoms with Crippen molar-refractivity contribution in [2.45, 2.75) is 12.3 Å². The monoisotopic (exact) mass is 254 g/mol. The van der Waals surface area contributed by atoms with E-state index < -0.39 is 0 Å². The largest absolute Gasteiger partial charge is 0.330 e. The van der Waals surface area contributed by atoms with E-state index in [1.807, 2.05) is 0 Å². The molecule has 0 heterocycles. The van der Waals surface area contributed by atoms with Gasteiger partial charge in [0, 0.05) is 12.5 Å². The van der Waals surface area contributed by atoms with Crippen LogP contribution in [0, 0.1) is 0 Å². The van der Waals surface area contributed by atoms with Gasteiger partial charge in [-0.15, -0.1) is 0 Å². The minimum atomic E-state index is 0.403. The molecule has 100 valence electrons. The zero-order valence-electron chi connectivity index (χ0n) is 11.3. The molecular formula is C17H22N2. The second-order valence-electron chi connectivity index (χ2n) is 4.72. The van der Waals surface area contributed by atoms with Crippen LogP contribution in [0.2, 0.25) is 0 Å². The molecule has 0 saturated heterocycles. The lowest BCUT2D eigenvalue weighted by Crippen LogP contribution is -2.24. The van der Waals surface area contributed by atoms with Gasteiger partial charge in [-0.1, -0.05) is 60.7 Å². The Morgan fingerprint density at radius 2 is 1.37 bits per heavy atom. The molecule has 0 amide bonds. The van der Waals surface area contributed by atoms with Crippen molar-refractivity contribution in [3.8, 4) is 0 Å². The normalized spacial score (nSPS) is 10.8. The molecule has 0 aliphatic carbocycles. The van der Waals surface area contributed by atoms with Crippen molar-refractivity contribution in [2.24, 2.45) is 5.73 Å². The Labute approximate surface area is 115 Å². The molecule has 0 fully saturated rings. The van der Waals surface area contributed by atoms with Crippen LogP contribution in [-0.4, -0.2) is 19.6 Å². The number of hydrogen-bond acceptors (Lipinski definition) is 2. The maximum absolute atomic E-state index is 5.53. The molecular weight excluding hydrogens is 232 g/mol. The van der Waals surface area contributed by atoms with E-state index >= 15 is 0 Å². The topological polar surface area (TPSA) is 38.0 Å². The number of nitrogens with two attached hydrogens (primary N) is 1. The molecule has 0 aromatic heterocycles. The summed E-state index contributed by atoms with van der Waals surface area (Å²) in [5.74, 6) is 0.403. The van der Waals surface area contributed by atoms with Crippen molar-refractivity contribution >= 4 is 0 Å². The van der Waals surface area contributed by atoms with Gasteiger partial charge in [0.25, 0.3) is 0 Å². The first kappa shape index (κ1) is 13.8. The third-order valence-electron chi connectivity index (χ3n) is 3.31. The Balaban J connectivity index is 2.10. The third kappa shape index (κ3) is 4.19. The van der Waals surface area contributed by atoms with E-state index in [0.717, 1.165) is 26.1 Å². The molecule has 3 N–H and O–H groups in total. The Kier molecular flexibility index (Phi) is 5.60. The Bertz CT molecular complexity index is 414. The number of rotatable bonds is 7. The van der Waals surface area contributed by atoms with E-state index in [1.54, 1.807) is 0 Å². The summed E-state index contributed by atoms with van der Waals surface area (Å²) in [6, 6.07) is 21.3. The highest BCUT2D eigenvalue weighted by molar-refractivity contribution is 5.32. The Hall–Kier alpha value is -1.64. The average Bonchev–Trinajstić information content (AvgIpc) is 2.49. The molecule has 0 saturated carbocycles. The molecule has 2 aromatic rings. The van der Waals surface area contributed by atoms with Gasteiger partial charge in [0.05, 0.1) is 0 Å². The summed E-state index contributed by atoms with van der Waals surface area (Å²) in [5, 5.41) is 3.50. The predicted octanol–water partition coefficient (Wildman–Crippen LogP) is 2.76. The van der Waals surface area contributed by atoms with Crippen molar-refractivity contribution in [2.75, 3.05) is 19.6 Å². The summed E-state index contributed by atoms with van der Waals surface area (Å²) < 4.78 is 0. The van der Waals surface area contributed by atoms with E-state index in [2.05, 4.69) is 66.0 Å². The highest BCUT2D eigenvalue weighted by atomic mass is 14.9. The first-order valence-corrected chi connectivity index (χ1v) is 6.92. The van der Waals surface area contributed by atoms with Gasteiger partial charge >= 0.3 is 0 Å². The van der Waals surface area contributed by atoms with Gasteiger partial charge < -0.3 is 11.1 Å². The van der Waals surface area contributed by atoms with Crippen molar-refractivity contribution in [3.05, 3.63) is 71.8 Å². The van der Waals surface area contributed by atoms with Crippen LogP contribution in [0.5, 0.6) is 0 Å². The van der Waals surface area contributed by atoms with Gasteiger partial charge in [-0.2, -0.15) is 0 Å². The number of nitrogens with one attached hydrogen (secondary N) is 1.